The topological polar surface area (TPSA) is 24.5 Å². The average molecular weight is 222 g/mol. The monoisotopic (exact) mass is 222 g/mol. The Morgan fingerprint density at radius 2 is 2.27 bits per heavy atom. The third-order valence-corrected chi connectivity index (χ3v) is 2.70. The van der Waals surface area contributed by atoms with Gasteiger partial charge in [0, 0.05) is 19.6 Å². The lowest BCUT2D eigenvalue weighted by molar-refractivity contribution is -0.0625. The molecule has 0 saturated carbocycles. The van der Waals surface area contributed by atoms with Crippen LogP contribution in [-0.4, -0.2) is 56.8 Å². The summed E-state index contributed by atoms with van der Waals surface area (Å²) >= 11 is 0. The molecule has 1 fully saturated rings. The number of nitrogens with one attached hydrogen (secondary N) is 1. The zero-order valence-electron chi connectivity index (χ0n) is 9.43. The van der Waals surface area contributed by atoms with Crippen LogP contribution in [0.2, 0.25) is 0 Å². The molecule has 1 rings (SSSR count). The van der Waals surface area contributed by atoms with Gasteiger partial charge >= 0.3 is 0 Å². The summed E-state index contributed by atoms with van der Waals surface area (Å²) in [5, 5.41) is 3.25. The normalized spacial score (nSPS) is 27.6. The number of halogens is 2. The molecule has 1 unspecified atom stereocenters. The van der Waals surface area contributed by atoms with Crippen LogP contribution in [0.25, 0.3) is 0 Å². The molecular weight excluding hydrogens is 202 g/mol. The van der Waals surface area contributed by atoms with Crippen LogP contribution in [0.1, 0.15) is 13.3 Å². The Labute approximate surface area is 89.8 Å². The second-order valence-corrected chi connectivity index (χ2v) is 4.38. The highest BCUT2D eigenvalue weighted by Crippen LogP contribution is 2.17. The van der Waals surface area contributed by atoms with E-state index >= 15 is 0 Å². The van der Waals surface area contributed by atoms with Gasteiger partial charge in [0.1, 0.15) is 0 Å². The molecule has 0 aromatic heterocycles. The van der Waals surface area contributed by atoms with E-state index in [0.717, 1.165) is 19.5 Å². The molecule has 0 radical (unpaired) electrons. The maximum Gasteiger partial charge on any atom is 0.251 e. The van der Waals surface area contributed by atoms with Crippen molar-refractivity contribution in [3.05, 3.63) is 0 Å². The molecule has 15 heavy (non-hydrogen) atoms. The summed E-state index contributed by atoms with van der Waals surface area (Å²) in [6, 6.07) is 0. The number of nitrogens with zero attached hydrogens (tertiary/aromatic N) is 1. The maximum absolute atomic E-state index is 12.1. The van der Waals surface area contributed by atoms with E-state index in [1.807, 2.05) is 6.92 Å². The zero-order chi connectivity index (χ0) is 11.3. The van der Waals surface area contributed by atoms with E-state index < -0.39 is 6.43 Å². The molecule has 0 amide bonds. The molecule has 1 heterocycles. The highest BCUT2D eigenvalue weighted by Gasteiger charge is 2.27. The number of hydrogen-bond donors (Lipinski definition) is 1. The first kappa shape index (κ1) is 12.8. The summed E-state index contributed by atoms with van der Waals surface area (Å²) in [5.41, 5.74) is -0.200. The first-order valence-electron chi connectivity index (χ1n) is 5.33. The predicted octanol–water partition coefficient (Wildman–Crippen LogP) is 0.952. The Morgan fingerprint density at radius 3 is 2.80 bits per heavy atom. The largest absolute Gasteiger partial charge is 0.373 e. The Balaban J connectivity index is 2.22. The van der Waals surface area contributed by atoms with Gasteiger partial charge in [-0.2, -0.15) is 0 Å². The van der Waals surface area contributed by atoms with E-state index in [-0.39, 0.29) is 12.1 Å². The highest BCUT2D eigenvalue weighted by molar-refractivity contribution is 4.82. The van der Waals surface area contributed by atoms with Gasteiger partial charge in [-0.05, 0) is 20.4 Å². The Bertz CT molecular complexity index is 184. The third kappa shape index (κ3) is 4.86. The Morgan fingerprint density at radius 1 is 1.53 bits per heavy atom. The van der Waals surface area contributed by atoms with Crippen LogP contribution in [0, 0.1) is 0 Å². The lowest BCUT2D eigenvalue weighted by Crippen LogP contribution is -2.49. The van der Waals surface area contributed by atoms with E-state index in [4.69, 9.17) is 4.74 Å². The van der Waals surface area contributed by atoms with Crippen molar-refractivity contribution in [1.82, 2.24) is 10.2 Å². The molecular formula is C10H20F2N2O. The van der Waals surface area contributed by atoms with Crippen LogP contribution in [0.4, 0.5) is 8.78 Å². The van der Waals surface area contributed by atoms with Crippen molar-refractivity contribution in [2.45, 2.75) is 25.4 Å². The van der Waals surface area contributed by atoms with Gasteiger partial charge in [-0.1, -0.05) is 0 Å². The number of rotatable bonds is 5. The molecule has 1 aliphatic heterocycles. The molecule has 1 aliphatic rings. The predicted molar refractivity (Wildman–Crippen MR) is 55.3 cm³/mol. The standard InChI is InChI=1S/C10H20F2N2O/c1-10(8-13-4-6-15-10)3-5-14(2)7-9(11)12/h9,13H,3-8H2,1-2H3. The van der Waals surface area contributed by atoms with Crippen molar-refractivity contribution in [2.24, 2.45) is 0 Å². The van der Waals surface area contributed by atoms with E-state index in [0.29, 0.717) is 13.2 Å². The summed E-state index contributed by atoms with van der Waals surface area (Å²) in [7, 11) is 1.71. The van der Waals surface area contributed by atoms with Crippen LogP contribution in [0.5, 0.6) is 0 Å². The number of morpholine rings is 1. The fourth-order valence-corrected chi connectivity index (χ4v) is 1.69. The van der Waals surface area contributed by atoms with E-state index in [1.165, 1.54) is 0 Å². The van der Waals surface area contributed by atoms with Crippen molar-refractivity contribution < 1.29 is 13.5 Å². The number of hydrogen-bond acceptors (Lipinski definition) is 3. The van der Waals surface area contributed by atoms with E-state index in [2.05, 4.69) is 5.32 Å². The lowest BCUT2D eigenvalue weighted by Gasteiger charge is -2.35. The highest BCUT2D eigenvalue weighted by atomic mass is 19.3. The number of alkyl halides is 2. The van der Waals surface area contributed by atoms with Crippen molar-refractivity contribution in [2.75, 3.05) is 39.8 Å². The minimum Gasteiger partial charge on any atom is -0.373 e. The van der Waals surface area contributed by atoms with Crippen LogP contribution in [0.3, 0.4) is 0 Å². The minimum absolute atomic E-state index is 0.163. The van der Waals surface area contributed by atoms with Gasteiger partial charge in [0.25, 0.3) is 6.43 Å². The second kappa shape index (κ2) is 5.72. The second-order valence-electron chi connectivity index (χ2n) is 4.38. The summed E-state index contributed by atoms with van der Waals surface area (Å²) < 4.78 is 29.8. The zero-order valence-corrected chi connectivity index (χ0v) is 9.43. The molecule has 0 aromatic rings. The van der Waals surface area contributed by atoms with Gasteiger partial charge in [0.2, 0.25) is 0 Å². The first-order chi connectivity index (χ1) is 7.02. The van der Waals surface area contributed by atoms with Gasteiger partial charge in [-0.3, -0.25) is 0 Å². The average Bonchev–Trinajstić information content (AvgIpc) is 2.15. The molecule has 0 spiro atoms. The van der Waals surface area contributed by atoms with Crippen molar-refractivity contribution in [3.8, 4) is 0 Å². The molecule has 1 atom stereocenters. The number of ether oxygens (including phenoxy) is 1. The quantitative estimate of drug-likeness (QED) is 0.749. The van der Waals surface area contributed by atoms with Crippen LogP contribution < -0.4 is 5.32 Å². The van der Waals surface area contributed by atoms with E-state index in [9.17, 15) is 8.78 Å². The van der Waals surface area contributed by atoms with Gasteiger partial charge in [0.15, 0.2) is 0 Å². The minimum atomic E-state index is -2.26. The van der Waals surface area contributed by atoms with Gasteiger partial charge < -0.3 is 15.0 Å². The SMILES string of the molecule is CN(CCC1(C)CNCCO1)CC(F)F. The fraction of sp³-hybridized carbons (Fsp3) is 1.00. The Kier molecular flexibility index (Phi) is 4.89. The summed E-state index contributed by atoms with van der Waals surface area (Å²) in [6.45, 7) is 4.88. The van der Waals surface area contributed by atoms with E-state index in [1.54, 1.807) is 11.9 Å². The molecule has 1 N–H and O–H groups in total. The van der Waals surface area contributed by atoms with Crippen LogP contribution in [-0.2, 0) is 4.74 Å². The maximum atomic E-state index is 12.1. The molecule has 0 bridgehead atoms. The van der Waals surface area contributed by atoms with Gasteiger partial charge in [-0.25, -0.2) is 8.78 Å². The lowest BCUT2D eigenvalue weighted by atomic mass is 10.0. The molecule has 1 saturated heterocycles. The van der Waals surface area contributed by atoms with Crippen molar-refractivity contribution in [3.63, 3.8) is 0 Å². The fourth-order valence-electron chi connectivity index (χ4n) is 1.69. The summed E-state index contributed by atoms with van der Waals surface area (Å²) in [5.74, 6) is 0. The molecule has 90 valence electrons. The van der Waals surface area contributed by atoms with Gasteiger partial charge in [0.05, 0.1) is 18.8 Å². The smallest absolute Gasteiger partial charge is 0.251 e. The molecule has 5 heteroatoms. The molecule has 0 aromatic carbocycles. The molecule has 3 nitrogen and oxygen atoms in total. The summed E-state index contributed by atoms with van der Waals surface area (Å²) in [6.07, 6.45) is -1.48. The molecule has 0 aliphatic carbocycles. The van der Waals surface area contributed by atoms with Crippen molar-refractivity contribution >= 4 is 0 Å². The third-order valence-electron chi connectivity index (χ3n) is 2.70. The van der Waals surface area contributed by atoms with Crippen molar-refractivity contribution in [1.29, 1.82) is 0 Å². The van der Waals surface area contributed by atoms with Gasteiger partial charge in [-0.15, -0.1) is 0 Å². The summed E-state index contributed by atoms with van der Waals surface area (Å²) in [4.78, 5) is 1.65. The first-order valence-corrected chi connectivity index (χ1v) is 5.33. The van der Waals surface area contributed by atoms with Crippen LogP contribution in [0.15, 0.2) is 0 Å². The Hall–Kier alpha value is -0.260. The van der Waals surface area contributed by atoms with Crippen LogP contribution >= 0.6 is 0 Å².